The first-order valence-electron chi connectivity index (χ1n) is 10.2. The number of carbonyl (C=O) groups excluding carboxylic acids is 2. The van der Waals surface area contributed by atoms with Crippen LogP contribution in [0.15, 0.2) is 47.0 Å². The Morgan fingerprint density at radius 1 is 1.22 bits per heavy atom. The summed E-state index contributed by atoms with van der Waals surface area (Å²) < 4.78 is 16.0. The van der Waals surface area contributed by atoms with Gasteiger partial charge in [-0.05, 0) is 25.1 Å². The van der Waals surface area contributed by atoms with Gasteiger partial charge in [-0.3, -0.25) is 9.59 Å². The lowest BCUT2D eigenvalue weighted by Gasteiger charge is -2.17. The molecule has 32 heavy (non-hydrogen) atoms. The van der Waals surface area contributed by atoms with E-state index in [0.29, 0.717) is 58.6 Å². The summed E-state index contributed by atoms with van der Waals surface area (Å²) in [7, 11) is 0. The predicted octanol–water partition coefficient (Wildman–Crippen LogP) is 3.82. The molecule has 0 spiro atoms. The first-order valence-corrected chi connectivity index (χ1v) is 10.6. The first-order chi connectivity index (χ1) is 15.5. The van der Waals surface area contributed by atoms with E-state index in [0.717, 1.165) is 5.69 Å². The van der Waals surface area contributed by atoms with Crippen molar-refractivity contribution in [3.05, 3.63) is 58.8 Å². The van der Waals surface area contributed by atoms with Crippen LogP contribution in [0.5, 0.6) is 11.5 Å². The maximum absolute atomic E-state index is 13.0. The van der Waals surface area contributed by atoms with Gasteiger partial charge in [-0.25, -0.2) is 0 Å². The van der Waals surface area contributed by atoms with Crippen LogP contribution in [-0.4, -0.2) is 36.9 Å². The molecular weight excluding hydrogens is 434 g/mol. The molecule has 3 heterocycles. The normalized spacial score (nSPS) is 17.1. The molecule has 1 fully saturated rings. The highest BCUT2D eigenvalue weighted by Gasteiger charge is 2.32. The van der Waals surface area contributed by atoms with E-state index >= 15 is 0 Å². The number of benzene rings is 2. The summed E-state index contributed by atoms with van der Waals surface area (Å²) in [6, 6.07) is 12.6. The van der Waals surface area contributed by atoms with Gasteiger partial charge in [-0.1, -0.05) is 35.0 Å². The first kappa shape index (κ1) is 20.4. The molecule has 5 rings (SSSR count). The maximum Gasteiger partial charge on any atom is 0.257 e. The van der Waals surface area contributed by atoms with Crippen LogP contribution < -0.4 is 19.7 Å². The predicted molar refractivity (Wildman–Crippen MR) is 117 cm³/mol. The van der Waals surface area contributed by atoms with E-state index in [1.165, 1.54) is 0 Å². The molecule has 1 saturated heterocycles. The Balaban J connectivity index is 1.27. The lowest BCUT2D eigenvalue weighted by Crippen LogP contribution is -2.31. The molecule has 2 aliphatic heterocycles. The van der Waals surface area contributed by atoms with Crippen LogP contribution in [0.3, 0.4) is 0 Å². The van der Waals surface area contributed by atoms with Crippen molar-refractivity contribution >= 4 is 29.1 Å². The molecule has 0 radical (unpaired) electrons. The molecule has 1 N–H and O–H groups in total. The van der Waals surface area contributed by atoms with Crippen molar-refractivity contribution in [3.63, 3.8) is 0 Å². The van der Waals surface area contributed by atoms with Gasteiger partial charge in [0.25, 0.3) is 5.91 Å². The Bertz CT molecular complexity index is 1210. The zero-order chi connectivity index (χ0) is 22.2. The molecule has 1 aromatic heterocycles. The number of aromatic nitrogens is 1. The zero-order valence-electron chi connectivity index (χ0n) is 17.3. The second-order valence-electron chi connectivity index (χ2n) is 7.76. The van der Waals surface area contributed by atoms with Gasteiger partial charge in [-0.15, -0.1) is 0 Å². The second-order valence-corrected chi connectivity index (χ2v) is 8.17. The van der Waals surface area contributed by atoms with Crippen LogP contribution in [0.25, 0.3) is 11.3 Å². The number of hydrogen-bond donors (Lipinski definition) is 1. The average molecular weight is 454 g/mol. The van der Waals surface area contributed by atoms with E-state index in [2.05, 4.69) is 10.5 Å². The highest BCUT2D eigenvalue weighted by molar-refractivity contribution is 6.33. The van der Waals surface area contributed by atoms with Gasteiger partial charge in [0.05, 0.1) is 5.02 Å². The summed E-state index contributed by atoms with van der Waals surface area (Å²) in [6.45, 7) is 2.71. The number of halogens is 1. The quantitative estimate of drug-likeness (QED) is 0.631. The van der Waals surface area contributed by atoms with Crippen LogP contribution >= 0.6 is 11.6 Å². The summed E-state index contributed by atoms with van der Waals surface area (Å²) in [4.78, 5) is 27.3. The molecule has 2 aromatic carbocycles. The van der Waals surface area contributed by atoms with Crippen molar-refractivity contribution in [1.82, 2.24) is 10.5 Å². The molecule has 9 heteroatoms. The lowest BCUT2D eigenvalue weighted by molar-refractivity contribution is -0.117. The molecule has 1 atom stereocenters. The minimum atomic E-state index is -0.312. The summed E-state index contributed by atoms with van der Waals surface area (Å²) in [5, 5.41) is 7.44. The molecule has 3 aromatic rings. The topological polar surface area (TPSA) is 93.9 Å². The standard InChI is InChI=1S/C23H20ClN3O5/c1-13-21(22(26-32-13)16-4-2-3-5-17(16)24)23(29)25-10-14-8-20(28)27(11-14)15-6-7-18-19(9-15)31-12-30-18/h2-7,9,14H,8,10-12H2,1H3,(H,25,29). The maximum atomic E-state index is 13.0. The number of carbonyl (C=O) groups is 2. The molecule has 164 valence electrons. The third-order valence-corrected chi connectivity index (χ3v) is 5.97. The van der Waals surface area contributed by atoms with Crippen molar-refractivity contribution in [2.75, 3.05) is 24.8 Å². The van der Waals surface area contributed by atoms with E-state index in [1.807, 2.05) is 18.2 Å². The van der Waals surface area contributed by atoms with Gasteiger partial charge in [0.1, 0.15) is 17.0 Å². The fraction of sp³-hybridized carbons (Fsp3) is 0.261. The van der Waals surface area contributed by atoms with Gasteiger partial charge in [0, 0.05) is 42.7 Å². The van der Waals surface area contributed by atoms with Crippen LogP contribution in [-0.2, 0) is 4.79 Å². The zero-order valence-corrected chi connectivity index (χ0v) is 18.0. The lowest BCUT2D eigenvalue weighted by atomic mass is 10.0. The molecule has 1 unspecified atom stereocenters. The molecule has 2 aliphatic rings. The molecule has 0 bridgehead atoms. The number of aryl methyl sites for hydroxylation is 1. The number of nitrogens with zero attached hydrogens (tertiary/aromatic N) is 2. The number of ether oxygens (including phenoxy) is 2. The minimum absolute atomic E-state index is 0.000953. The minimum Gasteiger partial charge on any atom is -0.454 e. The van der Waals surface area contributed by atoms with Gasteiger partial charge >= 0.3 is 0 Å². The van der Waals surface area contributed by atoms with E-state index < -0.39 is 0 Å². The average Bonchev–Trinajstić information content (AvgIpc) is 3.50. The van der Waals surface area contributed by atoms with Crippen LogP contribution in [0.1, 0.15) is 22.5 Å². The Morgan fingerprint density at radius 2 is 2.03 bits per heavy atom. The fourth-order valence-electron chi connectivity index (χ4n) is 4.02. The van der Waals surface area contributed by atoms with Crippen LogP contribution in [0.2, 0.25) is 5.02 Å². The summed E-state index contributed by atoms with van der Waals surface area (Å²) in [5.74, 6) is 1.36. The number of rotatable bonds is 5. The summed E-state index contributed by atoms with van der Waals surface area (Å²) >= 11 is 6.28. The highest BCUT2D eigenvalue weighted by atomic mass is 35.5. The monoisotopic (exact) mass is 453 g/mol. The van der Waals surface area contributed by atoms with E-state index in [9.17, 15) is 9.59 Å². The van der Waals surface area contributed by atoms with Gasteiger partial charge in [0.2, 0.25) is 12.7 Å². The highest BCUT2D eigenvalue weighted by Crippen LogP contribution is 2.37. The summed E-state index contributed by atoms with van der Waals surface area (Å²) in [6.07, 6.45) is 0.342. The smallest absolute Gasteiger partial charge is 0.257 e. The molecule has 2 amide bonds. The Labute approximate surface area is 189 Å². The van der Waals surface area contributed by atoms with Crippen molar-refractivity contribution in [3.8, 4) is 22.8 Å². The second kappa shape index (κ2) is 8.20. The third kappa shape index (κ3) is 3.67. The van der Waals surface area contributed by atoms with Gasteiger partial charge < -0.3 is 24.2 Å². The number of nitrogens with one attached hydrogen (secondary N) is 1. The molecule has 8 nitrogen and oxygen atoms in total. The Hall–Kier alpha value is -3.52. The van der Waals surface area contributed by atoms with Gasteiger partial charge in [0.15, 0.2) is 11.5 Å². The number of fused-ring (bicyclic) bond motifs is 1. The van der Waals surface area contributed by atoms with E-state index in [1.54, 1.807) is 36.1 Å². The van der Waals surface area contributed by atoms with E-state index in [4.69, 9.17) is 25.6 Å². The fourth-order valence-corrected chi connectivity index (χ4v) is 4.25. The van der Waals surface area contributed by atoms with E-state index in [-0.39, 0.29) is 24.5 Å². The largest absolute Gasteiger partial charge is 0.454 e. The van der Waals surface area contributed by atoms with Crippen LogP contribution in [0.4, 0.5) is 5.69 Å². The summed E-state index contributed by atoms with van der Waals surface area (Å²) in [5.41, 5.74) is 2.12. The number of amides is 2. The Morgan fingerprint density at radius 3 is 2.88 bits per heavy atom. The molecular formula is C23H20ClN3O5. The van der Waals surface area contributed by atoms with Crippen LogP contribution in [0, 0.1) is 12.8 Å². The Kier molecular flexibility index (Phi) is 5.22. The molecule has 0 saturated carbocycles. The van der Waals surface area contributed by atoms with Crippen molar-refractivity contribution in [2.24, 2.45) is 5.92 Å². The number of hydrogen-bond acceptors (Lipinski definition) is 6. The molecule has 0 aliphatic carbocycles. The third-order valence-electron chi connectivity index (χ3n) is 5.64. The number of anilines is 1. The SMILES string of the molecule is Cc1onc(-c2ccccc2Cl)c1C(=O)NCC1CC(=O)N(c2ccc3c(c2)OCO3)C1. The van der Waals surface area contributed by atoms with Gasteiger partial charge in [-0.2, -0.15) is 0 Å². The van der Waals surface area contributed by atoms with Crippen molar-refractivity contribution in [2.45, 2.75) is 13.3 Å². The van der Waals surface area contributed by atoms with Crippen molar-refractivity contribution in [1.29, 1.82) is 0 Å². The van der Waals surface area contributed by atoms with Crippen molar-refractivity contribution < 1.29 is 23.6 Å².